The Morgan fingerprint density at radius 2 is 2.08 bits per heavy atom. The van der Waals surface area contributed by atoms with E-state index >= 15 is 0 Å². The number of piperidine rings is 1. The first-order chi connectivity index (χ1) is 11.9. The van der Waals surface area contributed by atoms with E-state index in [1.54, 1.807) is 6.20 Å². The summed E-state index contributed by atoms with van der Waals surface area (Å²) in [5.74, 6) is 0.723. The Hall–Kier alpha value is -1.60. The van der Waals surface area contributed by atoms with Crippen molar-refractivity contribution < 1.29 is 14.3 Å². The van der Waals surface area contributed by atoms with Gasteiger partial charge in [-0.1, -0.05) is 0 Å². The molecule has 0 atom stereocenters. The summed E-state index contributed by atoms with van der Waals surface area (Å²) >= 11 is 5.90. The van der Waals surface area contributed by atoms with Crippen LogP contribution in [0, 0.1) is 11.3 Å². The van der Waals surface area contributed by atoms with E-state index in [4.69, 9.17) is 16.3 Å². The monoisotopic (exact) mass is 370 g/mol. The fraction of sp³-hybridized carbons (Fsp3) is 0.706. The van der Waals surface area contributed by atoms with Gasteiger partial charge in [-0.05, 0) is 32.6 Å². The van der Waals surface area contributed by atoms with Gasteiger partial charge in [0.15, 0.2) is 0 Å². The Bertz CT molecular complexity index is 594. The lowest BCUT2D eigenvalue weighted by Crippen LogP contribution is -2.46. The van der Waals surface area contributed by atoms with Crippen LogP contribution < -0.4 is 5.32 Å². The summed E-state index contributed by atoms with van der Waals surface area (Å²) in [6.07, 6.45) is 5.33. The van der Waals surface area contributed by atoms with Crippen molar-refractivity contribution in [1.82, 2.24) is 14.7 Å². The largest absolute Gasteiger partial charge is 0.375 e. The van der Waals surface area contributed by atoms with Gasteiger partial charge in [-0.2, -0.15) is 5.10 Å². The van der Waals surface area contributed by atoms with Crippen molar-refractivity contribution in [2.75, 3.05) is 38.0 Å². The third kappa shape index (κ3) is 5.44. The molecule has 0 aromatic carbocycles. The number of halogens is 1. The third-order valence-electron chi connectivity index (χ3n) is 4.45. The van der Waals surface area contributed by atoms with Crippen molar-refractivity contribution in [1.29, 1.82) is 0 Å². The Labute approximate surface area is 153 Å². The van der Waals surface area contributed by atoms with Crippen molar-refractivity contribution in [3.8, 4) is 0 Å². The summed E-state index contributed by atoms with van der Waals surface area (Å²) in [4.78, 5) is 25.9. The van der Waals surface area contributed by atoms with Crippen LogP contribution in [0.2, 0.25) is 0 Å². The SMILES string of the molecule is COCC(=O)Nc1cnn(CC2CCN(C(=O)C(C)(C)CCl)CC2)c1. The summed E-state index contributed by atoms with van der Waals surface area (Å²) in [7, 11) is 1.48. The summed E-state index contributed by atoms with van der Waals surface area (Å²) in [6.45, 7) is 6.08. The second-order valence-electron chi connectivity index (χ2n) is 7.19. The van der Waals surface area contributed by atoms with Gasteiger partial charge in [0.25, 0.3) is 0 Å². The molecule has 0 aliphatic carbocycles. The molecule has 0 saturated carbocycles. The summed E-state index contributed by atoms with van der Waals surface area (Å²) in [5, 5.41) is 7.03. The van der Waals surface area contributed by atoms with Crippen molar-refractivity contribution in [3.63, 3.8) is 0 Å². The fourth-order valence-corrected chi connectivity index (χ4v) is 3.04. The maximum atomic E-state index is 12.4. The van der Waals surface area contributed by atoms with Gasteiger partial charge in [0.1, 0.15) is 6.61 Å². The number of aromatic nitrogens is 2. The Balaban J connectivity index is 1.81. The Morgan fingerprint density at radius 3 is 2.68 bits per heavy atom. The molecule has 1 aliphatic rings. The van der Waals surface area contributed by atoms with Crippen molar-refractivity contribution in [3.05, 3.63) is 12.4 Å². The Morgan fingerprint density at radius 1 is 1.40 bits per heavy atom. The number of likely N-dealkylation sites (tertiary alicyclic amines) is 1. The summed E-state index contributed by atoms with van der Waals surface area (Å²) < 4.78 is 6.63. The molecule has 140 valence electrons. The molecule has 1 aromatic heterocycles. The maximum absolute atomic E-state index is 12.4. The summed E-state index contributed by atoms with van der Waals surface area (Å²) in [5.41, 5.74) is 0.157. The lowest BCUT2D eigenvalue weighted by Gasteiger charge is -2.36. The van der Waals surface area contributed by atoms with Gasteiger partial charge in [-0.25, -0.2) is 0 Å². The number of rotatable bonds is 7. The van der Waals surface area contributed by atoms with Crippen LogP contribution in [0.15, 0.2) is 12.4 Å². The van der Waals surface area contributed by atoms with Gasteiger partial charge in [-0.15, -0.1) is 11.6 Å². The molecule has 1 N–H and O–H groups in total. The molecule has 0 unspecified atom stereocenters. The van der Waals surface area contributed by atoms with Gasteiger partial charge in [0.05, 0.1) is 17.3 Å². The molecule has 1 fully saturated rings. The quantitative estimate of drug-likeness (QED) is 0.744. The highest BCUT2D eigenvalue weighted by molar-refractivity contribution is 6.19. The van der Waals surface area contributed by atoms with Crippen LogP contribution in [0.25, 0.3) is 0 Å². The van der Waals surface area contributed by atoms with E-state index in [9.17, 15) is 9.59 Å². The minimum absolute atomic E-state index is 0.0241. The van der Waals surface area contributed by atoms with Crippen molar-refractivity contribution in [2.24, 2.45) is 11.3 Å². The van der Waals surface area contributed by atoms with E-state index in [-0.39, 0.29) is 18.4 Å². The molecule has 0 spiro atoms. The van der Waals surface area contributed by atoms with Crippen LogP contribution >= 0.6 is 11.6 Å². The molecule has 1 aromatic rings. The Kier molecular flexibility index (Phi) is 6.84. The number of nitrogens with zero attached hydrogens (tertiary/aromatic N) is 3. The highest BCUT2D eigenvalue weighted by Crippen LogP contribution is 2.26. The zero-order valence-corrected chi connectivity index (χ0v) is 15.9. The lowest BCUT2D eigenvalue weighted by atomic mass is 9.91. The summed E-state index contributed by atoms with van der Waals surface area (Å²) in [6, 6.07) is 0. The molecule has 2 rings (SSSR count). The van der Waals surface area contributed by atoms with E-state index in [0.29, 0.717) is 17.5 Å². The van der Waals surface area contributed by atoms with Gasteiger partial charge in [0.2, 0.25) is 11.8 Å². The molecule has 8 heteroatoms. The molecule has 0 radical (unpaired) electrons. The van der Waals surface area contributed by atoms with Gasteiger partial charge >= 0.3 is 0 Å². The number of methoxy groups -OCH3 is 1. The van der Waals surface area contributed by atoms with Gasteiger partial charge in [-0.3, -0.25) is 14.3 Å². The molecular formula is C17H27ClN4O3. The van der Waals surface area contributed by atoms with Crippen LogP contribution in [-0.2, 0) is 20.9 Å². The van der Waals surface area contributed by atoms with Crippen molar-refractivity contribution in [2.45, 2.75) is 33.2 Å². The first kappa shape index (κ1) is 19.7. The topological polar surface area (TPSA) is 76.5 Å². The van der Waals surface area contributed by atoms with Gasteiger partial charge < -0.3 is 15.0 Å². The standard InChI is InChI=1S/C17H27ClN4O3/c1-17(2,12-18)16(24)21-6-4-13(5-7-21)9-22-10-14(8-19-22)20-15(23)11-25-3/h8,10,13H,4-7,9,11-12H2,1-3H3,(H,20,23). The van der Waals surface area contributed by atoms with E-state index in [0.717, 1.165) is 32.5 Å². The van der Waals surface area contributed by atoms with Crippen molar-refractivity contribution >= 4 is 29.1 Å². The van der Waals surface area contributed by atoms with Crippen LogP contribution in [0.4, 0.5) is 5.69 Å². The molecular weight excluding hydrogens is 344 g/mol. The molecule has 25 heavy (non-hydrogen) atoms. The minimum atomic E-state index is -0.508. The van der Waals surface area contributed by atoms with E-state index in [1.807, 2.05) is 29.6 Å². The van der Waals surface area contributed by atoms with E-state index in [1.165, 1.54) is 7.11 Å². The van der Waals surface area contributed by atoms with E-state index < -0.39 is 5.41 Å². The number of ether oxygens (including phenoxy) is 1. The average Bonchev–Trinajstić information content (AvgIpc) is 3.02. The second-order valence-corrected chi connectivity index (χ2v) is 7.45. The van der Waals surface area contributed by atoms with Crippen LogP contribution in [0.3, 0.4) is 0 Å². The third-order valence-corrected chi connectivity index (χ3v) is 5.12. The first-order valence-corrected chi connectivity index (χ1v) is 9.05. The number of amides is 2. The van der Waals surface area contributed by atoms with Gasteiger partial charge in [0, 0.05) is 38.8 Å². The lowest BCUT2D eigenvalue weighted by molar-refractivity contribution is -0.140. The number of nitrogens with one attached hydrogen (secondary N) is 1. The predicted octanol–water partition coefficient (Wildman–Crippen LogP) is 1.97. The number of alkyl halides is 1. The normalized spacial score (nSPS) is 16.1. The zero-order chi connectivity index (χ0) is 18.4. The average molecular weight is 371 g/mol. The smallest absolute Gasteiger partial charge is 0.250 e. The predicted molar refractivity (Wildman–Crippen MR) is 96.5 cm³/mol. The highest BCUT2D eigenvalue weighted by Gasteiger charge is 2.33. The minimum Gasteiger partial charge on any atom is -0.375 e. The number of hydrogen-bond acceptors (Lipinski definition) is 4. The molecule has 1 aliphatic heterocycles. The highest BCUT2D eigenvalue weighted by atomic mass is 35.5. The second kappa shape index (κ2) is 8.67. The number of carbonyl (C=O) groups excluding carboxylic acids is 2. The van der Waals surface area contributed by atoms with Crippen LogP contribution in [0.5, 0.6) is 0 Å². The van der Waals surface area contributed by atoms with Crippen LogP contribution in [0.1, 0.15) is 26.7 Å². The molecule has 0 bridgehead atoms. The van der Waals surface area contributed by atoms with E-state index in [2.05, 4.69) is 10.4 Å². The fourth-order valence-electron chi connectivity index (χ4n) is 2.92. The molecule has 2 amide bonds. The van der Waals surface area contributed by atoms with Crippen LogP contribution in [-0.4, -0.2) is 59.2 Å². The molecule has 7 nitrogen and oxygen atoms in total. The maximum Gasteiger partial charge on any atom is 0.250 e. The first-order valence-electron chi connectivity index (χ1n) is 8.52. The number of anilines is 1. The molecule has 2 heterocycles. The zero-order valence-electron chi connectivity index (χ0n) is 15.1. The molecule has 1 saturated heterocycles. The number of hydrogen-bond donors (Lipinski definition) is 1. The number of carbonyl (C=O) groups is 2.